The summed E-state index contributed by atoms with van der Waals surface area (Å²) in [7, 11) is 0. The van der Waals surface area contributed by atoms with Crippen LogP contribution >= 0.6 is 15.9 Å². The van der Waals surface area contributed by atoms with Gasteiger partial charge in [-0.1, -0.05) is 52.3 Å². The Labute approximate surface area is 153 Å². The highest BCUT2D eigenvalue weighted by Gasteiger charge is 2.10. The second-order valence-electron chi connectivity index (χ2n) is 5.64. The van der Waals surface area contributed by atoms with Crippen molar-refractivity contribution in [3.63, 3.8) is 0 Å². The van der Waals surface area contributed by atoms with E-state index in [-0.39, 0.29) is 18.1 Å². The number of hydrogen-bond acceptors (Lipinski definition) is 2. The van der Waals surface area contributed by atoms with Crippen molar-refractivity contribution in [2.75, 3.05) is 5.32 Å². The van der Waals surface area contributed by atoms with Crippen molar-refractivity contribution in [2.45, 2.75) is 19.4 Å². The molecule has 3 aromatic rings. The Morgan fingerprint density at radius 1 is 1.16 bits per heavy atom. The van der Waals surface area contributed by atoms with Gasteiger partial charge >= 0.3 is 0 Å². The molecule has 0 unspecified atom stereocenters. The van der Waals surface area contributed by atoms with Crippen LogP contribution in [-0.2, 0) is 17.8 Å². The Bertz CT molecular complexity index is 864. The van der Waals surface area contributed by atoms with Gasteiger partial charge in [0.15, 0.2) is 0 Å². The first-order valence-electron chi connectivity index (χ1n) is 7.91. The van der Waals surface area contributed by atoms with E-state index in [4.69, 9.17) is 0 Å². The number of anilines is 1. The van der Waals surface area contributed by atoms with Crippen LogP contribution in [0.1, 0.15) is 17.5 Å². The van der Waals surface area contributed by atoms with Crippen LogP contribution in [0.15, 0.2) is 65.3 Å². The van der Waals surface area contributed by atoms with E-state index in [1.165, 1.54) is 6.07 Å². The molecule has 0 aliphatic heterocycles. The molecule has 1 N–H and O–H groups in total. The maximum atomic E-state index is 13.8. The van der Waals surface area contributed by atoms with Crippen molar-refractivity contribution >= 4 is 27.7 Å². The molecule has 0 radical (unpaired) electrons. The molecule has 2 aromatic carbocycles. The smallest absolute Gasteiger partial charge is 0.225 e. The maximum Gasteiger partial charge on any atom is 0.225 e. The molecule has 25 heavy (non-hydrogen) atoms. The van der Waals surface area contributed by atoms with Crippen LogP contribution in [0.2, 0.25) is 0 Å². The summed E-state index contributed by atoms with van der Waals surface area (Å²) in [6, 6.07) is 16.5. The highest BCUT2D eigenvalue weighted by Crippen LogP contribution is 2.17. The number of amides is 1. The zero-order chi connectivity index (χ0) is 17.6. The predicted molar refractivity (Wildman–Crippen MR) is 98.8 cm³/mol. The van der Waals surface area contributed by atoms with Crippen molar-refractivity contribution < 1.29 is 9.18 Å². The lowest BCUT2D eigenvalue weighted by Gasteiger charge is -2.09. The van der Waals surface area contributed by atoms with Crippen molar-refractivity contribution in [2.24, 2.45) is 0 Å². The third-order valence-corrected chi connectivity index (χ3v) is 4.29. The van der Waals surface area contributed by atoms with Gasteiger partial charge < -0.3 is 5.32 Å². The molecule has 0 aliphatic rings. The maximum absolute atomic E-state index is 13.8. The Morgan fingerprint density at radius 2 is 1.96 bits per heavy atom. The molecule has 1 heterocycles. The van der Waals surface area contributed by atoms with E-state index < -0.39 is 0 Å². The molecule has 1 amide bonds. The summed E-state index contributed by atoms with van der Waals surface area (Å²) in [5.74, 6) is 0.151. The van der Waals surface area contributed by atoms with Gasteiger partial charge in [-0.15, -0.1) is 0 Å². The molecule has 0 bridgehead atoms. The normalized spacial score (nSPS) is 10.6. The van der Waals surface area contributed by atoms with Crippen molar-refractivity contribution in [1.82, 2.24) is 9.78 Å². The number of aryl methyl sites for hydroxylation is 1. The minimum atomic E-state index is -0.309. The van der Waals surface area contributed by atoms with E-state index in [1.807, 2.05) is 30.3 Å². The summed E-state index contributed by atoms with van der Waals surface area (Å²) in [6.07, 6.45) is 2.19. The number of halogens is 2. The lowest BCUT2D eigenvalue weighted by Crippen LogP contribution is -2.16. The number of nitrogens with zero attached hydrogens (tertiary/aromatic N) is 2. The zero-order valence-electron chi connectivity index (χ0n) is 13.5. The number of benzene rings is 2. The van der Waals surface area contributed by atoms with Gasteiger partial charge in [0.1, 0.15) is 11.6 Å². The van der Waals surface area contributed by atoms with Gasteiger partial charge in [0.2, 0.25) is 5.91 Å². The lowest BCUT2D eigenvalue weighted by atomic mass is 10.1. The largest absolute Gasteiger partial charge is 0.311 e. The van der Waals surface area contributed by atoms with Crippen molar-refractivity contribution in [3.8, 4) is 0 Å². The zero-order valence-corrected chi connectivity index (χ0v) is 15.0. The summed E-state index contributed by atoms with van der Waals surface area (Å²) < 4.78 is 16.2. The van der Waals surface area contributed by atoms with E-state index in [9.17, 15) is 9.18 Å². The topological polar surface area (TPSA) is 46.9 Å². The van der Waals surface area contributed by atoms with Crippen molar-refractivity contribution in [3.05, 3.63) is 82.2 Å². The highest BCUT2D eigenvalue weighted by molar-refractivity contribution is 9.10. The lowest BCUT2D eigenvalue weighted by molar-refractivity contribution is -0.116. The molecule has 0 spiro atoms. The van der Waals surface area contributed by atoms with E-state index >= 15 is 0 Å². The molecular weight excluding hydrogens is 385 g/mol. The second kappa shape index (κ2) is 8.07. The van der Waals surface area contributed by atoms with Gasteiger partial charge in [-0.05, 0) is 29.7 Å². The van der Waals surface area contributed by atoms with E-state index in [0.717, 1.165) is 5.56 Å². The summed E-state index contributed by atoms with van der Waals surface area (Å²) in [5.41, 5.74) is 1.62. The summed E-state index contributed by atoms with van der Waals surface area (Å²) >= 11 is 3.22. The first kappa shape index (κ1) is 17.4. The highest BCUT2D eigenvalue weighted by atomic mass is 79.9. The van der Waals surface area contributed by atoms with E-state index in [0.29, 0.717) is 28.8 Å². The third-order valence-electron chi connectivity index (χ3n) is 3.80. The van der Waals surface area contributed by atoms with Crippen LogP contribution in [0, 0.1) is 5.82 Å². The fourth-order valence-corrected chi connectivity index (χ4v) is 2.83. The summed E-state index contributed by atoms with van der Waals surface area (Å²) in [4.78, 5) is 12.2. The van der Waals surface area contributed by atoms with Gasteiger partial charge in [-0.25, -0.2) is 9.07 Å². The van der Waals surface area contributed by atoms with Crippen LogP contribution in [0.3, 0.4) is 0 Å². The van der Waals surface area contributed by atoms with Crippen LogP contribution in [0.5, 0.6) is 0 Å². The summed E-state index contributed by atoms with van der Waals surface area (Å²) in [5, 5.41) is 7.09. The summed E-state index contributed by atoms with van der Waals surface area (Å²) in [6.45, 7) is 0.574. The average molecular weight is 402 g/mol. The fourth-order valence-electron chi connectivity index (χ4n) is 2.50. The van der Waals surface area contributed by atoms with Gasteiger partial charge in [0.25, 0.3) is 0 Å². The van der Waals surface area contributed by atoms with Gasteiger partial charge in [-0.3, -0.25) is 4.79 Å². The number of carbonyl (C=O) groups excluding carboxylic acids is 1. The van der Waals surface area contributed by atoms with Gasteiger partial charge in [-0.2, -0.15) is 5.10 Å². The quantitative estimate of drug-likeness (QED) is 0.664. The standard InChI is InChI=1S/C19H17BrFN3O/c20-16-8-6-15(17(21)12-16)7-9-19(25)23-18-10-11-22-24(18)13-14-4-2-1-3-5-14/h1-6,8,10-12H,7,9,13H2,(H,23,25). The Hall–Kier alpha value is -2.47. The molecule has 1 aromatic heterocycles. The number of rotatable bonds is 6. The molecule has 3 rings (SSSR count). The van der Waals surface area contributed by atoms with Crippen LogP contribution in [0.25, 0.3) is 0 Å². The number of nitrogens with one attached hydrogen (secondary N) is 1. The number of aromatic nitrogens is 2. The van der Waals surface area contributed by atoms with Crippen LogP contribution < -0.4 is 5.32 Å². The monoisotopic (exact) mass is 401 g/mol. The third kappa shape index (κ3) is 4.76. The van der Waals surface area contributed by atoms with E-state index in [2.05, 4.69) is 26.3 Å². The molecular formula is C19H17BrFN3O. The first-order valence-corrected chi connectivity index (χ1v) is 8.70. The second-order valence-corrected chi connectivity index (χ2v) is 6.56. The predicted octanol–water partition coefficient (Wildman–Crippen LogP) is 4.40. The van der Waals surface area contributed by atoms with Crippen LogP contribution in [-0.4, -0.2) is 15.7 Å². The van der Waals surface area contributed by atoms with E-state index in [1.54, 1.807) is 29.1 Å². The molecule has 128 valence electrons. The average Bonchev–Trinajstić information content (AvgIpc) is 3.02. The fraction of sp³-hybridized carbons (Fsp3) is 0.158. The minimum Gasteiger partial charge on any atom is -0.311 e. The van der Waals surface area contributed by atoms with Crippen LogP contribution in [0.4, 0.5) is 10.2 Å². The number of carbonyl (C=O) groups is 1. The minimum absolute atomic E-state index is 0.169. The Balaban J connectivity index is 1.59. The SMILES string of the molecule is O=C(CCc1ccc(Br)cc1F)Nc1ccnn1Cc1ccccc1. The molecule has 6 heteroatoms. The first-order chi connectivity index (χ1) is 12.1. The number of hydrogen-bond donors (Lipinski definition) is 1. The molecule has 0 saturated heterocycles. The molecule has 4 nitrogen and oxygen atoms in total. The Kier molecular flexibility index (Phi) is 5.60. The molecule has 0 aliphatic carbocycles. The Morgan fingerprint density at radius 3 is 2.72 bits per heavy atom. The molecule has 0 fully saturated rings. The molecule has 0 atom stereocenters. The molecule has 0 saturated carbocycles. The van der Waals surface area contributed by atoms with Gasteiger partial charge in [0, 0.05) is 17.0 Å². The van der Waals surface area contributed by atoms with Crippen molar-refractivity contribution in [1.29, 1.82) is 0 Å². The van der Waals surface area contributed by atoms with Gasteiger partial charge in [0.05, 0.1) is 12.7 Å².